The highest BCUT2D eigenvalue weighted by Gasteiger charge is 2.48. The quantitative estimate of drug-likeness (QED) is 0.108. The summed E-state index contributed by atoms with van der Waals surface area (Å²) in [6.07, 6.45) is -9.15. The molecule has 0 aromatic carbocycles. The normalized spacial score (nSPS) is 35.9. The Morgan fingerprint density at radius 1 is 1.24 bits per heavy atom. The Morgan fingerprint density at radius 3 is 2.62 bits per heavy atom. The minimum Gasteiger partial charge on any atom is -0.394 e. The molecule has 19 nitrogen and oxygen atoms in total. The van der Waals surface area contributed by atoms with Crippen LogP contribution in [-0.4, -0.2) is 126 Å². The molecule has 0 bridgehead atoms. The number of hydrogen-bond donors (Lipinski definition) is 10. The molecule has 12 N–H and O–H groups in total. The van der Waals surface area contributed by atoms with E-state index in [0.717, 1.165) is 0 Å². The van der Waals surface area contributed by atoms with Crippen LogP contribution in [0.5, 0.6) is 0 Å². The van der Waals surface area contributed by atoms with E-state index in [4.69, 9.17) is 51.6 Å². The van der Waals surface area contributed by atoms with Crippen molar-refractivity contribution in [1.82, 2.24) is 15.0 Å². The average molecular weight is 662 g/mol. The number of H-pyrrole nitrogens is 1. The smallest absolute Gasteiger partial charge is 0.394 e. The number of aliphatic hydroxyl groups excluding tert-OH is 5. The third kappa shape index (κ3) is 7.17. The maximum absolute atomic E-state index is 12.6. The van der Waals surface area contributed by atoms with E-state index in [2.05, 4.69) is 19.3 Å². The molecule has 238 valence electrons. The van der Waals surface area contributed by atoms with Crippen molar-refractivity contribution in [3.05, 3.63) is 18.1 Å². The summed E-state index contributed by atoms with van der Waals surface area (Å²) in [5.41, 5.74) is 13.7. The number of fused-ring (bicyclic) bond motifs is 1. The summed E-state index contributed by atoms with van der Waals surface area (Å²) in [6, 6.07) is -0.832. The van der Waals surface area contributed by atoms with Gasteiger partial charge in [0.1, 0.15) is 42.4 Å². The largest absolute Gasteiger partial charge is 0.481 e. The number of phosphoric ester groups is 1. The molecule has 22 heteroatoms. The van der Waals surface area contributed by atoms with E-state index in [1.165, 1.54) is 13.4 Å². The van der Waals surface area contributed by atoms with Gasteiger partial charge in [0.2, 0.25) is 0 Å². The van der Waals surface area contributed by atoms with E-state index in [-0.39, 0.29) is 5.82 Å². The van der Waals surface area contributed by atoms with Crippen molar-refractivity contribution < 1.29 is 67.5 Å². The Kier molecular flexibility index (Phi) is 10.7. The van der Waals surface area contributed by atoms with Crippen LogP contribution in [0, 0.1) is 5.92 Å². The van der Waals surface area contributed by atoms with Crippen LogP contribution in [-0.2, 0) is 43.9 Å². The highest BCUT2D eigenvalue weighted by atomic mass is 32.5. The molecule has 4 rings (SSSR count). The highest BCUT2D eigenvalue weighted by Crippen LogP contribution is 2.61. The van der Waals surface area contributed by atoms with E-state index in [1.54, 1.807) is 6.20 Å². The van der Waals surface area contributed by atoms with Gasteiger partial charge in [-0.3, -0.25) is 4.52 Å². The zero-order valence-electron chi connectivity index (χ0n) is 21.9. The van der Waals surface area contributed by atoms with Crippen LogP contribution in [0.25, 0.3) is 11.0 Å². The van der Waals surface area contributed by atoms with Gasteiger partial charge in [-0.2, -0.15) is 0 Å². The third-order valence-electron chi connectivity index (χ3n) is 6.93. The highest BCUT2D eigenvalue weighted by molar-refractivity contribution is 8.08. The maximum Gasteiger partial charge on any atom is 0.481 e. The van der Waals surface area contributed by atoms with Gasteiger partial charge in [0, 0.05) is 24.8 Å². The van der Waals surface area contributed by atoms with Gasteiger partial charge in [-0.1, -0.05) is 0 Å². The van der Waals surface area contributed by atoms with Crippen molar-refractivity contribution in [1.29, 1.82) is 0 Å². The first-order valence-corrected chi connectivity index (χ1v) is 16.4. The molecule has 2 saturated heterocycles. The number of nitrogens with two attached hydrogens (primary N) is 2. The molecule has 2 aromatic rings. The van der Waals surface area contributed by atoms with Crippen LogP contribution >= 0.6 is 14.5 Å². The molecule has 2 aromatic heterocycles. The number of aliphatic hydroxyl groups is 5. The maximum atomic E-state index is 12.6. The molecule has 0 saturated carbocycles. The fourth-order valence-electron chi connectivity index (χ4n) is 4.71. The van der Waals surface area contributed by atoms with Crippen LogP contribution in [0.2, 0.25) is 0 Å². The lowest BCUT2D eigenvalue weighted by atomic mass is 9.92. The van der Waals surface area contributed by atoms with Crippen LogP contribution in [0.4, 0.5) is 5.82 Å². The standard InChI is InChI=1S/C20H33N5O14P2S/c1-34-18-11(21)10(37-17(18)7-2-23-13-12(7)24-6-25-19(13)22)5-36-41(33,42)39-40(31,32)38-20-16(30)15(29)14(28)8(4-35-20)9(27)3-26/h2,6,8-11,14-18,20,23,26-30H,3-5,21H2,1H3,(H,31,32)(H,33,42)(H2,22,24,25)/t8?,9-,10+,11+,14?,15?,16?,17-,18+,20?,41?/m0/s1. The molecule has 2 aliphatic rings. The van der Waals surface area contributed by atoms with E-state index in [0.29, 0.717) is 16.6 Å². The number of phosphoric acid groups is 1. The monoisotopic (exact) mass is 661 g/mol. The third-order valence-corrected chi connectivity index (χ3v) is 10.4. The number of aromatic amines is 1. The van der Waals surface area contributed by atoms with E-state index in [1.807, 2.05) is 0 Å². The van der Waals surface area contributed by atoms with E-state index >= 15 is 0 Å². The molecule has 0 spiro atoms. The van der Waals surface area contributed by atoms with Crippen molar-refractivity contribution in [2.75, 3.05) is 32.7 Å². The van der Waals surface area contributed by atoms with Gasteiger partial charge >= 0.3 is 14.5 Å². The van der Waals surface area contributed by atoms with Gasteiger partial charge in [-0.15, -0.1) is 0 Å². The number of hydrogen-bond acceptors (Lipinski definition) is 17. The second-order valence-electron chi connectivity index (χ2n) is 9.61. The van der Waals surface area contributed by atoms with Crippen molar-refractivity contribution in [3.63, 3.8) is 0 Å². The van der Waals surface area contributed by atoms with E-state index in [9.17, 15) is 34.8 Å². The summed E-state index contributed by atoms with van der Waals surface area (Å²) in [7, 11) is -3.95. The van der Waals surface area contributed by atoms with Crippen LogP contribution in [0.1, 0.15) is 11.7 Å². The Balaban J connectivity index is 1.39. The molecule has 2 aliphatic heterocycles. The van der Waals surface area contributed by atoms with Gasteiger partial charge in [0.15, 0.2) is 12.1 Å². The topological polar surface area (TPSA) is 308 Å². The van der Waals surface area contributed by atoms with Crippen molar-refractivity contribution in [2.24, 2.45) is 11.7 Å². The lowest BCUT2D eigenvalue weighted by Crippen LogP contribution is -2.47. The molecule has 42 heavy (non-hydrogen) atoms. The van der Waals surface area contributed by atoms with Gasteiger partial charge in [0.25, 0.3) is 0 Å². The first-order valence-electron chi connectivity index (χ1n) is 12.4. The zero-order chi connectivity index (χ0) is 31.0. The first-order chi connectivity index (χ1) is 19.7. The fraction of sp³-hybridized carbons (Fsp3) is 0.700. The predicted octanol–water partition coefficient (Wildman–Crippen LogP) is -2.90. The Morgan fingerprint density at radius 2 is 1.95 bits per heavy atom. The molecule has 0 aliphatic carbocycles. The summed E-state index contributed by atoms with van der Waals surface area (Å²) in [5.74, 6) is -1.07. The molecular formula is C20H33N5O14P2S. The van der Waals surface area contributed by atoms with Gasteiger partial charge in [-0.25, -0.2) is 18.8 Å². The Hall–Kier alpha value is -1.26. The lowest BCUT2D eigenvalue weighted by Gasteiger charge is -2.28. The molecule has 0 radical (unpaired) electrons. The minimum atomic E-state index is -5.36. The molecule has 7 unspecified atom stereocenters. The number of nitrogens with zero attached hydrogens (tertiary/aromatic N) is 2. The van der Waals surface area contributed by atoms with Crippen molar-refractivity contribution in [2.45, 2.75) is 55.1 Å². The van der Waals surface area contributed by atoms with E-state index < -0.39 is 95.3 Å². The second-order valence-corrected chi connectivity index (χ2v) is 14.0. The Bertz CT molecular complexity index is 1330. The number of nitrogen functional groups attached to an aromatic ring is 1. The van der Waals surface area contributed by atoms with Crippen LogP contribution in [0.15, 0.2) is 12.5 Å². The Labute approximate surface area is 243 Å². The number of methoxy groups -OCH3 is 1. The van der Waals surface area contributed by atoms with Gasteiger partial charge in [-0.05, 0) is 11.8 Å². The number of nitrogens with one attached hydrogen (secondary N) is 1. The fourth-order valence-corrected chi connectivity index (χ4v) is 7.82. The second kappa shape index (κ2) is 13.4. The molecule has 4 heterocycles. The van der Waals surface area contributed by atoms with Crippen molar-refractivity contribution in [3.8, 4) is 0 Å². The SMILES string of the molecule is CO[C@@H]1[C@H](N)[C@@H](COP(O)(=S)OP(=O)(O)OC2OCC([C@@H](O)CO)C(O)C(O)C2O)O[C@H]1c1c[nH]c2c(N)ncnc12. The number of aromatic nitrogens is 3. The van der Waals surface area contributed by atoms with Gasteiger partial charge in [0.05, 0.1) is 43.6 Å². The minimum absolute atomic E-state index is 0.214. The van der Waals surface area contributed by atoms with Crippen molar-refractivity contribution >= 4 is 43.2 Å². The predicted molar refractivity (Wildman–Crippen MR) is 143 cm³/mol. The van der Waals surface area contributed by atoms with Gasteiger partial charge < -0.3 is 70.5 Å². The first kappa shape index (κ1) is 33.6. The molecule has 2 fully saturated rings. The summed E-state index contributed by atoms with van der Waals surface area (Å²) in [5, 5.41) is 49.6. The number of anilines is 1. The number of rotatable bonds is 11. The average Bonchev–Trinajstić information content (AvgIpc) is 3.47. The summed E-state index contributed by atoms with van der Waals surface area (Å²) in [6.45, 7) is -6.49. The molecule has 12 atom stereocenters. The number of ether oxygens (including phenoxy) is 3. The summed E-state index contributed by atoms with van der Waals surface area (Å²) >= 11 is 4.84. The van der Waals surface area contributed by atoms with Crippen LogP contribution < -0.4 is 11.5 Å². The molecule has 0 amide bonds. The summed E-state index contributed by atoms with van der Waals surface area (Å²) in [4.78, 5) is 31.8. The zero-order valence-corrected chi connectivity index (χ0v) is 24.5. The van der Waals surface area contributed by atoms with Crippen LogP contribution in [0.3, 0.4) is 0 Å². The lowest BCUT2D eigenvalue weighted by molar-refractivity contribution is -0.173. The molecular weight excluding hydrogens is 628 g/mol. The summed E-state index contributed by atoms with van der Waals surface area (Å²) < 4.78 is 43.9.